The van der Waals surface area contributed by atoms with Gasteiger partial charge in [-0.25, -0.2) is 8.42 Å². The van der Waals surface area contributed by atoms with Gasteiger partial charge < -0.3 is 5.73 Å². The van der Waals surface area contributed by atoms with Gasteiger partial charge in [0.05, 0.1) is 11.5 Å². The van der Waals surface area contributed by atoms with Crippen LogP contribution in [0, 0.1) is 0 Å². The summed E-state index contributed by atoms with van der Waals surface area (Å²) < 4.78 is 21.8. The molecular weight excluding hydrogens is 170 g/mol. The maximum Gasteiger partial charge on any atom is 0.153 e. The Morgan fingerprint density at radius 2 is 2.10 bits per heavy atom. The van der Waals surface area contributed by atoms with Crippen LogP contribution in [0.4, 0.5) is 0 Å². The monoisotopic (exact) mass is 181 g/mol. The van der Waals surface area contributed by atoms with Gasteiger partial charge in [0.1, 0.15) is 0 Å². The normalized spacial score (nSPS) is 38.2. The van der Waals surface area contributed by atoms with Crippen LogP contribution in [0.1, 0.15) is 0 Å². The topological polar surface area (TPSA) is 60.2 Å². The van der Waals surface area contributed by atoms with E-state index in [1.807, 2.05) is 6.26 Å². The molecular formula is C5H11NO2S2. The van der Waals surface area contributed by atoms with Crippen LogP contribution in [0.15, 0.2) is 0 Å². The van der Waals surface area contributed by atoms with E-state index >= 15 is 0 Å². The Balaban J connectivity index is 2.71. The van der Waals surface area contributed by atoms with Crippen LogP contribution in [-0.2, 0) is 9.84 Å². The molecule has 0 amide bonds. The number of hydrogen-bond donors (Lipinski definition) is 1. The second-order valence-electron chi connectivity index (χ2n) is 2.51. The predicted octanol–water partition coefficient (Wildman–Crippen LogP) is -0.526. The zero-order valence-corrected chi connectivity index (χ0v) is 7.41. The van der Waals surface area contributed by atoms with E-state index in [-0.39, 0.29) is 22.8 Å². The first-order chi connectivity index (χ1) is 4.55. The first kappa shape index (κ1) is 8.36. The summed E-state index contributed by atoms with van der Waals surface area (Å²) in [5, 5.41) is 0.116. The Morgan fingerprint density at radius 1 is 1.50 bits per heavy atom. The highest BCUT2D eigenvalue weighted by Crippen LogP contribution is 2.20. The van der Waals surface area contributed by atoms with Crippen molar-refractivity contribution in [1.29, 1.82) is 0 Å². The van der Waals surface area contributed by atoms with Crippen molar-refractivity contribution in [3.63, 3.8) is 0 Å². The van der Waals surface area contributed by atoms with Crippen molar-refractivity contribution >= 4 is 21.6 Å². The molecule has 2 atom stereocenters. The summed E-state index contributed by atoms with van der Waals surface area (Å²) in [4.78, 5) is 0. The molecule has 5 heteroatoms. The fraction of sp³-hybridized carbons (Fsp3) is 1.00. The van der Waals surface area contributed by atoms with Crippen molar-refractivity contribution in [1.82, 2.24) is 0 Å². The van der Waals surface area contributed by atoms with Crippen LogP contribution < -0.4 is 5.73 Å². The van der Waals surface area contributed by atoms with Crippen LogP contribution in [0.5, 0.6) is 0 Å². The molecule has 0 radical (unpaired) electrons. The van der Waals surface area contributed by atoms with Gasteiger partial charge in [0.2, 0.25) is 0 Å². The predicted molar refractivity (Wildman–Crippen MR) is 43.9 cm³/mol. The fourth-order valence-corrected chi connectivity index (χ4v) is 4.52. The highest BCUT2D eigenvalue weighted by atomic mass is 32.2. The van der Waals surface area contributed by atoms with E-state index in [0.717, 1.165) is 0 Å². The second-order valence-corrected chi connectivity index (χ2v) is 5.75. The largest absolute Gasteiger partial charge is 0.326 e. The molecule has 1 aliphatic rings. The Kier molecular flexibility index (Phi) is 2.27. The molecule has 0 aromatic carbocycles. The highest BCUT2D eigenvalue weighted by Gasteiger charge is 2.34. The molecule has 1 saturated heterocycles. The molecule has 1 fully saturated rings. The van der Waals surface area contributed by atoms with Crippen LogP contribution in [0.2, 0.25) is 0 Å². The maximum atomic E-state index is 10.9. The van der Waals surface area contributed by atoms with E-state index in [4.69, 9.17) is 5.73 Å². The van der Waals surface area contributed by atoms with Gasteiger partial charge >= 0.3 is 0 Å². The van der Waals surface area contributed by atoms with Crippen molar-refractivity contribution in [3.05, 3.63) is 0 Å². The Morgan fingerprint density at radius 3 is 2.30 bits per heavy atom. The lowest BCUT2D eigenvalue weighted by Crippen LogP contribution is -2.30. The highest BCUT2D eigenvalue weighted by molar-refractivity contribution is 8.01. The van der Waals surface area contributed by atoms with Crippen LogP contribution >= 0.6 is 11.8 Å². The van der Waals surface area contributed by atoms with Gasteiger partial charge in [-0.1, -0.05) is 0 Å². The number of thioether (sulfide) groups is 1. The molecule has 1 rings (SSSR count). The molecule has 1 aliphatic heterocycles. The minimum absolute atomic E-state index is 0.116. The maximum absolute atomic E-state index is 10.9. The van der Waals surface area contributed by atoms with Crippen LogP contribution in [0.25, 0.3) is 0 Å². The van der Waals surface area contributed by atoms with E-state index in [0.29, 0.717) is 0 Å². The summed E-state index contributed by atoms with van der Waals surface area (Å²) >= 11 is 1.54. The van der Waals surface area contributed by atoms with Crippen molar-refractivity contribution in [2.24, 2.45) is 5.73 Å². The molecule has 0 spiro atoms. The molecule has 0 bridgehead atoms. The van der Waals surface area contributed by atoms with E-state index in [9.17, 15) is 8.42 Å². The van der Waals surface area contributed by atoms with E-state index < -0.39 is 9.84 Å². The second kappa shape index (κ2) is 2.71. The molecule has 0 saturated carbocycles. The molecule has 0 aliphatic carbocycles. The number of rotatable bonds is 1. The van der Waals surface area contributed by atoms with Crippen molar-refractivity contribution < 1.29 is 8.42 Å². The van der Waals surface area contributed by atoms with Crippen LogP contribution in [0.3, 0.4) is 0 Å². The molecule has 0 aromatic rings. The van der Waals surface area contributed by atoms with Crippen molar-refractivity contribution in [3.8, 4) is 0 Å². The van der Waals surface area contributed by atoms with Gasteiger partial charge in [-0.15, -0.1) is 0 Å². The zero-order valence-electron chi connectivity index (χ0n) is 5.78. The summed E-state index contributed by atoms with van der Waals surface area (Å²) in [5.41, 5.74) is 5.57. The number of hydrogen-bond acceptors (Lipinski definition) is 4. The van der Waals surface area contributed by atoms with Crippen molar-refractivity contribution in [2.45, 2.75) is 11.3 Å². The van der Waals surface area contributed by atoms with E-state index in [2.05, 4.69) is 0 Å². The molecule has 10 heavy (non-hydrogen) atoms. The van der Waals surface area contributed by atoms with Crippen molar-refractivity contribution in [2.75, 3.05) is 17.8 Å². The summed E-state index contributed by atoms with van der Waals surface area (Å²) in [5.74, 6) is 0.424. The lowest BCUT2D eigenvalue weighted by molar-refractivity contribution is 0.601. The summed E-state index contributed by atoms with van der Waals surface area (Å²) in [6, 6.07) is -0.153. The van der Waals surface area contributed by atoms with E-state index in [1.54, 1.807) is 0 Å². The SMILES string of the molecule is CSC1CS(=O)(=O)CC1N. The smallest absolute Gasteiger partial charge is 0.153 e. The standard InChI is InChI=1S/C5H11NO2S2/c1-9-5-3-10(7,8)2-4(5)6/h4-5H,2-3,6H2,1H3. The molecule has 0 aromatic heterocycles. The minimum atomic E-state index is -2.80. The van der Waals surface area contributed by atoms with E-state index in [1.165, 1.54) is 11.8 Å². The summed E-state index contributed by atoms with van der Waals surface area (Å²) in [6.45, 7) is 0. The third kappa shape index (κ3) is 1.65. The quantitative estimate of drug-likeness (QED) is 0.591. The molecule has 3 nitrogen and oxygen atoms in total. The molecule has 2 N–H and O–H groups in total. The Hall–Kier alpha value is 0.260. The summed E-state index contributed by atoms with van der Waals surface area (Å²) in [7, 11) is -2.80. The van der Waals surface area contributed by atoms with Gasteiger partial charge in [0, 0.05) is 11.3 Å². The van der Waals surface area contributed by atoms with Gasteiger partial charge in [0.25, 0.3) is 0 Å². The third-order valence-corrected chi connectivity index (χ3v) is 4.74. The summed E-state index contributed by atoms with van der Waals surface area (Å²) in [6.07, 6.45) is 1.89. The molecule has 2 unspecified atom stereocenters. The molecule has 60 valence electrons. The van der Waals surface area contributed by atoms with Gasteiger partial charge in [-0.3, -0.25) is 0 Å². The van der Waals surface area contributed by atoms with Gasteiger partial charge in [0.15, 0.2) is 9.84 Å². The van der Waals surface area contributed by atoms with Gasteiger partial charge in [-0.2, -0.15) is 11.8 Å². The minimum Gasteiger partial charge on any atom is -0.326 e. The number of sulfone groups is 1. The lowest BCUT2D eigenvalue weighted by atomic mass is 10.3. The van der Waals surface area contributed by atoms with Gasteiger partial charge in [-0.05, 0) is 6.26 Å². The number of nitrogens with two attached hydrogens (primary N) is 1. The zero-order chi connectivity index (χ0) is 7.78. The Labute approximate surface area is 65.3 Å². The first-order valence-corrected chi connectivity index (χ1v) is 6.15. The third-order valence-electron chi connectivity index (χ3n) is 1.64. The first-order valence-electron chi connectivity index (χ1n) is 3.04. The lowest BCUT2D eigenvalue weighted by Gasteiger charge is -2.07. The average molecular weight is 181 g/mol. The Bertz CT molecular complexity index is 212. The fourth-order valence-electron chi connectivity index (χ4n) is 1.09. The average Bonchev–Trinajstić information content (AvgIpc) is 2.05. The molecule has 1 heterocycles. The van der Waals surface area contributed by atoms with Crippen LogP contribution in [-0.4, -0.2) is 37.5 Å².